The minimum Gasteiger partial charge on any atom is -0.511 e. The Bertz CT molecular complexity index is 1760. The molecule has 1 unspecified atom stereocenters. The lowest BCUT2D eigenvalue weighted by Gasteiger charge is -2.30. The highest BCUT2D eigenvalue weighted by atomic mass is 32.2. The van der Waals surface area contributed by atoms with Crippen LogP contribution in [0.4, 0.5) is 11.4 Å². The Morgan fingerprint density at radius 2 is 1.57 bits per heavy atom. The van der Waals surface area contributed by atoms with Crippen LogP contribution in [0, 0.1) is 6.92 Å². The summed E-state index contributed by atoms with van der Waals surface area (Å²) in [7, 11) is -5.05. The first-order chi connectivity index (χ1) is 19.0. The normalized spacial score (nSPS) is 12.2. The predicted octanol–water partition coefficient (Wildman–Crippen LogP) is 4.79. The number of anilines is 2. The molecule has 0 saturated carbocycles. The molecular weight excluding hydrogens is 525 g/mol. The largest absolute Gasteiger partial charge is 0.707 e. The summed E-state index contributed by atoms with van der Waals surface area (Å²) in [6.07, 6.45) is 0.860. The number of benzene rings is 5. The van der Waals surface area contributed by atoms with Gasteiger partial charge in [-0.1, -0.05) is 48.5 Å². The predicted molar refractivity (Wildman–Crippen MR) is 166 cm³/mol. The van der Waals surface area contributed by atoms with E-state index in [4.69, 9.17) is 20.4 Å². The van der Waals surface area contributed by atoms with Crippen LogP contribution in [0.3, 0.4) is 0 Å². The minimum atomic E-state index is -3.22. The molecule has 1 atom stereocenters. The number of fused-ring (bicyclic) bond motifs is 4. The quantitative estimate of drug-likeness (QED) is 0.0743. The summed E-state index contributed by atoms with van der Waals surface area (Å²) >= 11 is 0. The number of nitrogens with two attached hydrogens (primary N) is 1. The van der Waals surface area contributed by atoms with Gasteiger partial charge in [0.25, 0.3) is 0 Å². The van der Waals surface area contributed by atoms with E-state index in [1.165, 1.54) is 5.39 Å². The third kappa shape index (κ3) is 6.84. The molecule has 0 aliphatic carbocycles. The number of rotatable bonds is 7. The van der Waals surface area contributed by atoms with Gasteiger partial charge in [0.15, 0.2) is 0 Å². The molecule has 5 rings (SSSR count). The summed E-state index contributed by atoms with van der Waals surface area (Å²) in [5, 5.41) is 24.6. The SMILES string of the molecule is CCN(c1ccc(N)c(C)c1)C(C)NS(C)(=O)=O.OB(O)Oc1cccc2ccc3cc4ccccc4cc3c12. The first-order valence-electron chi connectivity index (χ1n) is 12.9. The molecule has 0 heterocycles. The van der Waals surface area contributed by atoms with Crippen LogP contribution < -0.4 is 20.0 Å². The Balaban J connectivity index is 0.000000190. The monoisotopic (exact) mass is 559 g/mol. The molecule has 0 saturated heterocycles. The highest BCUT2D eigenvalue weighted by molar-refractivity contribution is 7.88. The molecule has 208 valence electrons. The second kappa shape index (κ2) is 12.1. The van der Waals surface area contributed by atoms with Crippen molar-refractivity contribution in [2.24, 2.45) is 0 Å². The lowest BCUT2D eigenvalue weighted by molar-refractivity contribution is 0.289. The lowest BCUT2D eigenvalue weighted by Crippen LogP contribution is -2.46. The molecule has 0 radical (unpaired) electrons. The van der Waals surface area contributed by atoms with Gasteiger partial charge in [0, 0.05) is 23.3 Å². The fraction of sp³-hybridized carbons (Fsp3) is 0.200. The maximum atomic E-state index is 11.3. The van der Waals surface area contributed by atoms with Crippen LogP contribution >= 0.6 is 0 Å². The molecular formula is C30H34BN3O5S. The van der Waals surface area contributed by atoms with Gasteiger partial charge < -0.3 is 25.3 Å². The highest BCUT2D eigenvalue weighted by Crippen LogP contribution is 2.35. The molecule has 5 aromatic rings. The van der Waals surface area contributed by atoms with Gasteiger partial charge in [-0.3, -0.25) is 0 Å². The van der Waals surface area contributed by atoms with E-state index in [9.17, 15) is 8.42 Å². The van der Waals surface area contributed by atoms with E-state index in [2.05, 4.69) is 35.1 Å². The Hall–Kier alpha value is -3.83. The van der Waals surface area contributed by atoms with Crippen molar-refractivity contribution in [2.75, 3.05) is 23.4 Å². The Kier molecular flexibility index (Phi) is 8.85. The van der Waals surface area contributed by atoms with Gasteiger partial charge in [-0.2, -0.15) is 4.72 Å². The maximum absolute atomic E-state index is 11.3. The zero-order chi connectivity index (χ0) is 29.0. The Morgan fingerprint density at radius 1 is 0.925 bits per heavy atom. The van der Waals surface area contributed by atoms with Crippen LogP contribution in [-0.2, 0) is 10.0 Å². The fourth-order valence-electron chi connectivity index (χ4n) is 4.87. The molecule has 0 bridgehead atoms. The van der Waals surface area contributed by atoms with Gasteiger partial charge in [-0.05, 0) is 89.7 Å². The molecule has 10 heteroatoms. The van der Waals surface area contributed by atoms with Gasteiger partial charge in [-0.25, -0.2) is 8.42 Å². The summed E-state index contributed by atoms with van der Waals surface area (Å²) in [4.78, 5) is 1.97. The van der Waals surface area contributed by atoms with Crippen molar-refractivity contribution in [1.29, 1.82) is 0 Å². The summed E-state index contributed by atoms with van der Waals surface area (Å²) in [6.45, 7) is 6.43. The second-order valence-electron chi connectivity index (χ2n) is 9.68. The number of nitrogen functional groups attached to an aromatic ring is 1. The smallest absolute Gasteiger partial charge is 0.511 e. The summed E-state index contributed by atoms with van der Waals surface area (Å²) in [6, 6.07) is 27.8. The van der Waals surface area contributed by atoms with Crippen LogP contribution in [0.25, 0.3) is 32.3 Å². The first-order valence-corrected chi connectivity index (χ1v) is 14.8. The molecule has 0 fully saturated rings. The first kappa shape index (κ1) is 29.2. The van der Waals surface area contributed by atoms with Crippen molar-refractivity contribution in [2.45, 2.75) is 26.9 Å². The van der Waals surface area contributed by atoms with E-state index >= 15 is 0 Å². The minimum absolute atomic E-state index is 0.298. The lowest BCUT2D eigenvalue weighted by atomic mass is 9.97. The molecule has 0 aliphatic heterocycles. The van der Waals surface area contributed by atoms with Gasteiger partial charge in [0.2, 0.25) is 10.0 Å². The number of hydrogen-bond donors (Lipinski definition) is 4. The molecule has 5 N–H and O–H groups in total. The van der Waals surface area contributed by atoms with Crippen LogP contribution in [0.15, 0.2) is 84.9 Å². The maximum Gasteiger partial charge on any atom is 0.707 e. The molecule has 8 nitrogen and oxygen atoms in total. The van der Waals surface area contributed by atoms with Crippen molar-refractivity contribution < 1.29 is 23.1 Å². The molecule has 0 amide bonds. The number of nitrogens with one attached hydrogen (secondary N) is 1. The molecule has 0 aliphatic rings. The van der Waals surface area contributed by atoms with E-state index < -0.39 is 17.3 Å². The van der Waals surface area contributed by atoms with E-state index in [1.54, 1.807) is 6.07 Å². The van der Waals surface area contributed by atoms with E-state index in [1.807, 2.05) is 74.2 Å². The van der Waals surface area contributed by atoms with Crippen LogP contribution in [-0.4, -0.2) is 44.8 Å². The van der Waals surface area contributed by atoms with Gasteiger partial charge in [-0.15, -0.1) is 0 Å². The molecule has 5 aromatic carbocycles. The molecule has 40 heavy (non-hydrogen) atoms. The third-order valence-electron chi connectivity index (χ3n) is 6.70. The number of aryl methyl sites for hydroxylation is 1. The number of hydrogen-bond acceptors (Lipinski definition) is 7. The van der Waals surface area contributed by atoms with Crippen LogP contribution in [0.2, 0.25) is 0 Å². The van der Waals surface area contributed by atoms with Gasteiger partial charge in [0.1, 0.15) is 5.75 Å². The third-order valence-corrected chi connectivity index (χ3v) is 7.47. The van der Waals surface area contributed by atoms with Crippen LogP contribution in [0.1, 0.15) is 19.4 Å². The summed E-state index contributed by atoms with van der Waals surface area (Å²) in [5.41, 5.74) is 8.45. The fourth-order valence-corrected chi connectivity index (χ4v) is 5.62. The Morgan fingerprint density at radius 3 is 2.20 bits per heavy atom. The molecule has 0 spiro atoms. The zero-order valence-electron chi connectivity index (χ0n) is 23.0. The number of nitrogens with zero attached hydrogens (tertiary/aromatic N) is 1. The molecule has 0 aromatic heterocycles. The Labute approximate surface area is 235 Å². The highest BCUT2D eigenvalue weighted by Gasteiger charge is 2.17. The van der Waals surface area contributed by atoms with Crippen molar-refractivity contribution in [3.8, 4) is 5.75 Å². The van der Waals surface area contributed by atoms with E-state index in [-0.39, 0.29) is 6.17 Å². The average molecular weight is 559 g/mol. The van der Waals surface area contributed by atoms with Crippen molar-refractivity contribution >= 4 is 61.0 Å². The van der Waals surface area contributed by atoms with Gasteiger partial charge in [0.05, 0.1) is 12.4 Å². The second-order valence-corrected chi connectivity index (χ2v) is 11.5. The van der Waals surface area contributed by atoms with Crippen molar-refractivity contribution in [1.82, 2.24) is 4.72 Å². The summed E-state index contributed by atoms with van der Waals surface area (Å²) < 4.78 is 30.2. The van der Waals surface area contributed by atoms with Gasteiger partial charge >= 0.3 is 7.32 Å². The van der Waals surface area contributed by atoms with Crippen molar-refractivity contribution in [3.63, 3.8) is 0 Å². The van der Waals surface area contributed by atoms with Crippen LogP contribution in [0.5, 0.6) is 5.75 Å². The topological polar surface area (TPSA) is 125 Å². The van der Waals surface area contributed by atoms with E-state index in [0.717, 1.165) is 50.1 Å². The average Bonchev–Trinajstić information content (AvgIpc) is 2.89. The van der Waals surface area contributed by atoms with Crippen molar-refractivity contribution in [3.05, 3.63) is 90.5 Å². The van der Waals surface area contributed by atoms with E-state index in [0.29, 0.717) is 12.3 Å². The standard InChI is InChI=1S/C18H13BO3.C12H21N3O2S/c20-19(21)22-17-7-3-6-12-8-9-15-10-13-4-1-2-5-14(13)11-16(15)18(12)17;1-5-15(10(3)14-18(4,16)17)11-6-7-12(13)9(2)8-11/h1-11,20-21H;6-8,10,14H,5,13H2,1-4H3. The zero-order valence-corrected chi connectivity index (χ0v) is 23.8. The summed E-state index contributed by atoms with van der Waals surface area (Å²) in [5.74, 6) is 0.466. The number of sulfonamides is 1.